The molecule has 0 amide bonds. The first-order valence-corrected chi connectivity index (χ1v) is 7.87. The van der Waals surface area contributed by atoms with Crippen LogP contribution in [0.1, 0.15) is 0 Å². The first kappa shape index (κ1) is 16.0. The van der Waals surface area contributed by atoms with Gasteiger partial charge in [-0.25, -0.2) is 23.7 Å². The highest BCUT2D eigenvalue weighted by atomic mass is 19.1. The molecule has 4 aromatic rings. The largest absolute Gasteiger partial charge is 0.372 e. The molecule has 0 radical (unpaired) electrons. The number of hydrogen-bond acceptors (Lipinski definition) is 5. The van der Waals surface area contributed by atoms with Crippen LogP contribution in [0.4, 0.5) is 14.6 Å². The topological polar surface area (TPSA) is 63.6 Å². The number of rotatable bonds is 3. The number of aromatic nitrogens is 4. The van der Waals surface area contributed by atoms with Crippen LogP contribution in [-0.4, -0.2) is 27.0 Å². The van der Waals surface area contributed by atoms with Crippen LogP contribution >= 0.6 is 0 Å². The average molecular weight is 349 g/mol. The average Bonchev–Trinajstić information content (AvgIpc) is 2.68. The predicted molar refractivity (Wildman–Crippen MR) is 95.5 cm³/mol. The van der Waals surface area contributed by atoms with E-state index in [9.17, 15) is 4.39 Å². The van der Waals surface area contributed by atoms with Crippen molar-refractivity contribution in [1.29, 1.82) is 0 Å². The lowest BCUT2D eigenvalue weighted by molar-refractivity contribution is 0.627. The second-order valence-electron chi connectivity index (χ2n) is 5.57. The van der Waals surface area contributed by atoms with Crippen LogP contribution < -0.4 is 5.32 Å². The van der Waals surface area contributed by atoms with Gasteiger partial charge in [-0.15, -0.1) is 0 Å². The van der Waals surface area contributed by atoms with Gasteiger partial charge < -0.3 is 5.32 Å². The Morgan fingerprint density at radius 1 is 1.00 bits per heavy atom. The molecule has 0 fully saturated rings. The quantitative estimate of drug-likeness (QED) is 0.604. The maximum atomic E-state index is 15.2. The molecule has 1 N–H and O–H groups in total. The Kier molecular flexibility index (Phi) is 3.96. The van der Waals surface area contributed by atoms with Crippen molar-refractivity contribution in [2.75, 3.05) is 12.4 Å². The Morgan fingerprint density at radius 3 is 2.62 bits per heavy atom. The first-order chi connectivity index (χ1) is 12.7. The lowest BCUT2D eigenvalue weighted by Crippen LogP contribution is -2.02. The molecule has 0 aliphatic carbocycles. The van der Waals surface area contributed by atoms with Gasteiger partial charge in [-0.05, 0) is 29.8 Å². The van der Waals surface area contributed by atoms with Crippen molar-refractivity contribution in [3.63, 3.8) is 0 Å². The highest BCUT2D eigenvalue weighted by Gasteiger charge is 2.17. The molecule has 0 aliphatic heterocycles. The molecular weight excluding hydrogens is 336 g/mol. The van der Waals surface area contributed by atoms with Gasteiger partial charge in [0.15, 0.2) is 5.82 Å². The van der Waals surface area contributed by atoms with Crippen LogP contribution in [0.15, 0.2) is 55.0 Å². The Morgan fingerprint density at radius 2 is 1.88 bits per heavy atom. The van der Waals surface area contributed by atoms with Gasteiger partial charge in [-0.2, -0.15) is 0 Å². The van der Waals surface area contributed by atoms with E-state index in [0.29, 0.717) is 28.4 Å². The summed E-state index contributed by atoms with van der Waals surface area (Å²) in [6, 6.07) is 9.07. The van der Waals surface area contributed by atoms with Crippen molar-refractivity contribution < 1.29 is 8.78 Å². The molecule has 0 atom stereocenters. The molecule has 7 heteroatoms. The van der Waals surface area contributed by atoms with Crippen molar-refractivity contribution in [3.8, 4) is 22.6 Å². The van der Waals surface area contributed by atoms with E-state index in [-0.39, 0.29) is 10.9 Å². The molecule has 2 heterocycles. The molecule has 0 bridgehead atoms. The molecule has 0 saturated heterocycles. The van der Waals surface area contributed by atoms with E-state index in [0.717, 1.165) is 0 Å². The Bertz CT molecular complexity index is 1100. The summed E-state index contributed by atoms with van der Waals surface area (Å²) >= 11 is 0. The predicted octanol–water partition coefficient (Wildman–Crippen LogP) is 4.07. The van der Waals surface area contributed by atoms with Crippen LogP contribution in [0.2, 0.25) is 0 Å². The smallest absolute Gasteiger partial charge is 0.182 e. The van der Waals surface area contributed by atoms with Crippen molar-refractivity contribution in [2.45, 2.75) is 0 Å². The summed E-state index contributed by atoms with van der Waals surface area (Å²) in [6.07, 6.45) is 4.63. The third-order valence-electron chi connectivity index (χ3n) is 3.97. The Labute approximate surface area is 147 Å². The van der Waals surface area contributed by atoms with Crippen molar-refractivity contribution in [3.05, 3.63) is 66.6 Å². The second-order valence-corrected chi connectivity index (χ2v) is 5.57. The normalized spacial score (nSPS) is 10.9. The van der Waals surface area contributed by atoms with Gasteiger partial charge in [0.05, 0.1) is 17.1 Å². The van der Waals surface area contributed by atoms with E-state index >= 15 is 4.39 Å². The fourth-order valence-electron chi connectivity index (χ4n) is 2.77. The van der Waals surface area contributed by atoms with E-state index < -0.39 is 11.6 Å². The van der Waals surface area contributed by atoms with E-state index in [1.54, 1.807) is 37.5 Å². The van der Waals surface area contributed by atoms with Crippen LogP contribution in [0, 0.1) is 11.6 Å². The molecule has 0 spiro atoms. The molecular formula is C19H13F2N5. The van der Waals surface area contributed by atoms with Gasteiger partial charge in [-0.1, -0.05) is 12.1 Å². The number of anilines is 1. The number of nitrogens with zero attached hydrogens (tertiary/aromatic N) is 4. The van der Waals surface area contributed by atoms with E-state index in [1.807, 2.05) is 0 Å². The van der Waals surface area contributed by atoms with Crippen LogP contribution in [-0.2, 0) is 0 Å². The minimum Gasteiger partial charge on any atom is -0.372 e. The van der Waals surface area contributed by atoms with Crippen LogP contribution in [0.3, 0.4) is 0 Å². The fourth-order valence-corrected chi connectivity index (χ4v) is 2.77. The van der Waals surface area contributed by atoms with Crippen LogP contribution in [0.5, 0.6) is 0 Å². The second kappa shape index (κ2) is 6.44. The van der Waals surface area contributed by atoms with Gasteiger partial charge in [-0.3, -0.25) is 4.98 Å². The monoisotopic (exact) mass is 349 g/mol. The Balaban J connectivity index is 1.95. The lowest BCUT2D eigenvalue weighted by Gasteiger charge is -2.11. The summed E-state index contributed by atoms with van der Waals surface area (Å²) < 4.78 is 28.7. The minimum absolute atomic E-state index is 0.238. The summed E-state index contributed by atoms with van der Waals surface area (Å²) in [6.45, 7) is 0. The minimum atomic E-state index is -0.511. The summed E-state index contributed by atoms with van der Waals surface area (Å²) in [7, 11) is 1.65. The number of halogens is 2. The number of nitrogens with one attached hydrogen (secondary N) is 1. The number of fused-ring (bicyclic) bond motifs is 1. The summed E-state index contributed by atoms with van der Waals surface area (Å²) in [5, 5.41) is 3.14. The molecule has 5 nitrogen and oxygen atoms in total. The Hall–Kier alpha value is -3.48. The van der Waals surface area contributed by atoms with Gasteiger partial charge >= 0.3 is 0 Å². The zero-order chi connectivity index (χ0) is 18.1. The van der Waals surface area contributed by atoms with Crippen molar-refractivity contribution in [1.82, 2.24) is 19.9 Å². The third-order valence-corrected chi connectivity index (χ3v) is 3.97. The fraction of sp³-hybridized carbons (Fsp3) is 0.0526. The summed E-state index contributed by atoms with van der Waals surface area (Å²) in [4.78, 5) is 16.9. The lowest BCUT2D eigenvalue weighted by atomic mass is 10.0. The molecule has 0 unspecified atom stereocenters. The van der Waals surface area contributed by atoms with E-state index in [2.05, 4.69) is 25.3 Å². The standard InChI is InChI=1S/C19H13F2N5/c1-22-19-16-14(25-18(26-19)15-10-23-7-8-24-15)6-5-13(17(16)21)11-3-2-4-12(20)9-11/h2-10H,1H3,(H,22,25,26). The van der Waals surface area contributed by atoms with Gasteiger partial charge in [0, 0.05) is 25.0 Å². The van der Waals surface area contributed by atoms with E-state index in [4.69, 9.17) is 0 Å². The van der Waals surface area contributed by atoms with Crippen molar-refractivity contribution in [2.24, 2.45) is 0 Å². The van der Waals surface area contributed by atoms with E-state index in [1.165, 1.54) is 24.5 Å². The number of benzene rings is 2. The highest BCUT2D eigenvalue weighted by molar-refractivity contribution is 5.94. The molecule has 2 aromatic heterocycles. The number of hydrogen-bond donors (Lipinski definition) is 1. The SMILES string of the molecule is CNc1nc(-c2cnccn2)nc2ccc(-c3cccc(F)c3)c(F)c12. The van der Waals surface area contributed by atoms with Gasteiger partial charge in [0.25, 0.3) is 0 Å². The summed E-state index contributed by atoms with van der Waals surface area (Å²) in [5.41, 5.74) is 1.64. The van der Waals surface area contributed by atoms with Crippen molar-refractivity contribution >= 4 is 16.7 Å². The maximum Gasteiger partial charge on any atom is 0.182 e. The summed E-state index contributed by atoms with van der Waals surface area (Å²) in [5.74, 6) is -0.271. The first-order valence-electron chi connectivity index (χ1n) is 7.87. The molecule has 0 saturated carbocycles. The third kappa shape index (κ3) is 2.73. The molecule has 128 valence electrons. The van der Waals surface area contributed by atoms with Gasteiger partial charge in [0.1, 0.15) is 23.1 Å². The molecule has 26 heavy (non-hydrogen) atoms. The van der Waals surface area contributed by atoms with Crippen LogP contribution in [0.25, 0.3) is 33.5 Å². The zero-order valence-electron chi connectivity index (χ0n) is 13.7. The molecule has 4 rings (SSSR count). The molecule has 0 aliphatic rings. The highest BCUT2D eigenvalue weighted by Crippen LogP contribution is 2.33. The molecule has 2 aromatic carbocycles. The maximum absolute atomic E-state index is 15.2. The zero-order valence-corrected chi connectivity index (χ0v) is 13.7. The van der Waals surface area contributed by atoms with Gasteiger partial charge in [0.2, 0.25) is 0 Å².